The third kappa shape index (κ3) is 6.17. The molecule has 0 bridgehead atoms. The number of nitrogens with two attached hydrogens (primary N) is 1. The highest BCUT2D eigenvalue weighted by Crippen LogP contribution is 2.29. The van der Waals surface area contributed by atoms with Gasteiger partial charge in [-0.05, 0) is 67.1 Å². The molecule has 4 nitrogen and oxygen atoms in total. The predicted octanol–water partition coefficient (Wildman–Crippen LogP) is 4.73. The SMILES string of the molecule is CCOc1cc(CCN)ccc1OCCOc1ccc(C(C)(C)CC)cc1. The minimum absolute atomic E-state index is 0.188. The van der Waals surface area contributed by atoms with Gasteiger partial charge in [0.05, 0.1) is 6.61 Å². The molecule has 0 radical (unpaired) electrons. The van der Waals surface area contributed by atoms with E-state index in [0.717, 1.165) is 35.7 Å². The summed E-state index contributed by atoms with van der Waals surface area (Å²) in [6.45, 7) is 10.8. The van der Waals surface area contributed by atoms with Gasteiger partial charge in [0.2, 0.25) is 0 Å². The van der Waals surface area contributed by atoms with Gasteiger partial charge in [0.15, 0.2) is 11.5 Å². The van der Waals surface area contributed by atoms with Crippen LogP contribution in [-0.4, -0.2) is 26.4 Å². The van der Waals surface area contributed by atoms with Crippen LogP contribution in [0.4, 0.5) is 0 Å². The fraction of sp³-hybridized carbons (Fsp3) is 0.478. The molecule has 0 saturated heterocycles. The standard InChI is InChI=1S/C23H33NO3/c1-5-23(3,4)19-8-10-20(11-9-19)26-15-16-27-21-12-7-18(13-14-24)17-22(21)25-6-2/h7-12,17H,5-6,13-16,24H2,1-4H3. The molecule has 148 valence electrons. The molecule has 27 heavy (non-hydrogen) atoms. The molecule has 0 amide bonds. The zero-order chi connectivity index (χ0) is 19.7. The average molecular weight is 372 g/mol. The molecule has 0 atom stereocenters. The summed E-state index contributed by atoms with van der Waals surface area (Å²) in [4.78, 5) is 0. The van der Waals surface area contributed by atoms with Crippen LogP contribution in [0, 0.1) is 0 Å². The van der Waals surface area contributed by atoms with Crippen molar-refractivity contribution in [1.82, 2.24) is 0 Å². The second-order valence-electron chi connectivity index (χ2n) is 7.21. The Morgan fingerprint density at radius 2 is 1.56 bits per heavy atom. The maximum atomic E-state index is 5.86. The molecule has 0 aromatic heterocycles. The van der Waals surface area contributed by atoms with E-state index in [4.69, 9.17) is 19.9 Å². The molecule has 0 heterocycles. The molecule has 4 heteroatoms. The first-order chi connectivity index (χ1) is 13.0. The van der Waals surface area contributed by atoms with Gasteiger partial charge < -0.3 is 19.9 Å². The summed E-state index contributed by atoms with van der Waals surface area (Å²) >= 11 is 0. The van der Waals surface area contributed by atoms with Crippen molar-refractivity contribution in [2.75, 3.05) is 26.4 Å². The fourth-order valence-electron chi connectivity index (χ4n) is 2.78. The van der Waals surface area contributed by atoms with Crippen molar-refractivity contribution in [3.05, 3.63) is 53.6 Å². The topological polar surface area (TPSA) is 53.7 Å². The Labute approximate surface area is 163 Å². The molecule has 2 N–H and O–H groups in total. The molecule has 0 aliphatic rings. The van der Waals surface area contributed by atoms with Crippen molar-refractivity contribution in [3.63, 3.8) is 0 Å². The van der Waals surface area contributed by atoms with Gasteiger partial charge in [-0.3, -0.25) is 0 Å². The average Bonchev–Trinajstić information content (AvgIpc) is 2.67. The summed E-state index contributed by atoms with van der Waals surface area (Å²) < 4.78 is 17.4. The van der Waals surface area contributed by atoms with Gasteiger partial charge >= 0.3 is 0 Å². The van der Waals surface area contributed by atoms with E-state index in [9.17, 15) is 0 Å². The Hall–Kier alpha value is -2.20. The van der Waals surface area contributed by atoms with E-state index in [1.54, 1.807) is 0 Å². The van der Waals surface area contributed by atoms with Gasteiger partial charge in [-0.25, -0.2) is 0 Å². The third-order valence-electron chi connectivity index (χ3n) is 4.87. The maximum Gasteiger partial charge on any atom is 0.161 e. The molecule has 0 aliphatic heterocycles. The second-order valence-corrected chi connectivity index (χ2v) is 7.21. The smallest absolute Gasteiger partial charge is 0.161 e. The summed E-state index contributed by atoms with van der Waals surface area (Å²) in [6.07, 6.45) is 1.93. The van der Waals surface area contributed by atoms with Crippen LogP contribution in [0.15, 0.2) is 42.5 Å². The van der Waals surface area contributed by atoms with Gasteiger partial charge in [-0.2, -0.15) is 0 Å². The molecule has 0 aliphatic carbocycles. The molecule has 0 fully saturated rings. The molecule has 2 aromatic rings. The van der Waals surface area contributed by atoms with Crippen LogP contribution < -0.4 is 19.9 Å². The Balaban J connectivity index is 1.87. The molecule has 2 rings (SSSR count). The van der Waals surface area contributed by atoms with Crippen molar-refractivity contribution < 1.29 is 14.2 Å². The number of hydrogen-bond acceptors (Lipinski definition) is 4. The Morgan fingerprint density at radius 1 is 0.852 bits per heavy atom. The van der Waals surface area contributed by atoms with E-state index in [1.165, 1.54) is 5.56 Å². The van der Waals surface area contributed by atoms with Gasteiger partial charge in [0, 0.05) is 0 Å². The normalized spacial score (nSPS) is 11.3. The lowest BCUT2D eigenvalue weighted by molar-refractivity contribution is 0.208. The first kappa shape index (κ1) is 21.1. The molecule has 0 spiro atoms. The lowest BCUT2D eigenvalue weighted by atomic mass is 9.82. The summed E-state index contributed by atoms with van der Waals surface area (Å²) in [5.41, 5.74) is 8.30. The van der Waals surface area contributed by atoms with Gasteiger partial charge in [0.25, 0.3) is 0 Å². The Morgan fingerprint density at radius 3 is 2.19 bits per heavy atom. The second kappa shape index (κ2) is 10.2. The maximum absolute atomic E-state index is 5.86. The van der Waals surface area contributed by atoms with E-state index >= 15 is 0 Å². The molecular weight excluding hydrogens is 338 g/mol. The van der Waals surface area contributed by atoms with E-state index in [0.29, 0.717) is 26.4 Å². The highest BCUT2D eigenvalue weighted by atomic mass is 16.5. The monoisotopic (exact) mass is 371 g/mol. The number of rotatable bonds is 11. The Bertz CT molecular complexity index is 695. The summed E-state index contributed by atoms with van der Waals surface area (Å²) in [7, 11) is 0. The number of ether oxygens (including phenoxy) is 3. The van der Waals surface area contributed by atoms with Gasteiger partial charge in [-0.15, -0.1) is 0 Å². The lowest BCUT2D eigenvalue weighted by Gasteiger charge is -2.23. The van der Waals surface area contributed by atoms with Crippen LogP contribution in [0.25, 0.3) is 0 Å². The van der Waals surface area contributed by atoms with Gasteiger partial charge in [-0.1, -0.05) is 39.0 Å². The van der Waals surface area contributed by atoms with E-state index in [-0.39, 0.29) is 5.41 Å². The van der Waals surface area contributed by atoms with Crippen LogP contribution in [0.3, 0.4) is 0 Å². The van der Waals surface area contributed by atoms with Crippen LogP contribution in [0.1, 0.15) is 45.2 Å². The van der Waals surface area contributed by atoms with E-state index < -0.39 is 0 Å². The lowest BCUT2D eigenvalue weighted by Crippen LogP contribution is -2.15. The largest absolute Gasteiger partial charge is 0.490 e. The van der Waals surface area contributed by atoms with Crippen molar-refractivity contribution in [1.29, 1.82) is 0 Å². The highest BCUT2D eigenvalue weighted by Gasteiger charge is 2.17. The van der Waals surface area contributed by atoms with Crippen LogP contribution in [-0.2, 0) is 11.8 Å². The molecule has 0 unspecified atom stereocenters. The minimum Gasteiger partial charge on any atom is -0.490 e. The van der Waals surface area contributed by atoms with Crippen molar-refractivity contribution >= 4 is 0 Å². The van der Waals surface area contributed by atoms with E-state index in [2.05, 4.69) is 32.9 Å². The number of benzene rings is 2. The summed E-state index contributed by atoms with van der Waals surface area (Å²) in [5, 5.41) is 0. The van der Waals surface area contributed by atoms with Crippen LogP contribution in [0.2, 0.25) is 0 Å². The molecule has 0 saturated carbocycles. The molecular formula is C23H33NO3. The fourth-order valence-corrected chi connectivity index (χ4v) is 2.78. The quantitative estimate of drug-likeness (QED) is 0.580. The van der Waals surface area contributed by atoms with Crippen molar-refractivity contribution in [2.45, 2.75) is 46.0 Å². The van der Waals surface area contributed by atoms with Crippen molar-refractivity contribution in [2.24, 2.45) is 5.73 Å². The van der Waals surface area contributed by atoms with Crippen molar-refractivity contribution in [3.8, 4) is 17.2 Å². The Kier molecular flexibility index (Phi) is 7.99. The molecule has 2 aromatic carbocycles. The zero-order valence-electron chi connectivity index (χ0n) is 17.1. The zero-order valence-corrected chi connectivity index (χ0v) is 17.1. The van der Waals surface area contributed by atoms with Crippen LogP contribution >= 0.6 is 0 Å². The van der Waals surface area contributed by atoms with Gasteiger partial charge in [0.1, 0.15) is 19.0 Å². The predicted molar refractivity (Wildman–Crippen MR) is 111 cm³/mol. The summed E-state index contributed by atoms with van der Waals surface area (Å²) in [6, 6.07) is 14.3. The van der Waals surface area contributed by atoms with Crippen LogP contribution in [0.5, 0.6) is 17.2 Å². The first-order valence-corrected chi connectivity index (χ1v) is 9.82. The minimum atomic E-state index is 0.188. The number of hydrogen-bond donors (Lipinski definition) is 1. The first-order valence-electron chi connectivity index (χ1n) is 9.82. The highest BCUT2D eigenvalue weighted by molar-refractivity contribution is 5.43. The summed E-state index contributed by atoms with van der Waals surface area (Å²) in [5.74, 6) is 2.36. The third-order valence-corrected chi connectivity index (χ3v) is 4.87. The van der Waals surface area contributed by atoms with E-state index in [1.807, 2.05) is 37.3 Å².